The third-order valence-corrected chi connectivity index (χ3v) is 3.44. The summed E-state index contributed by atoms with van der Waals surface area (Å²) in [7, 11) is 3.79. The van der Waals surface area contributed by atoms with Crippen LogP contribution in [0.3, 0.4) is 0 Å². The van der Waals surface area contributed by atoms with Gasteiger partial charge in [-0.05, 0) is 24.6 Å². The minimum absolute atomic E-state index is 0. The van der Waals surface area contributed by atoms with Crippen molar-refractivity contribution in [1.29, 1.82) is 0 Å². The van der Waals surface area contributed by atoms with Crippen LogP contribution >= 0.6 is 0 Å². The summed E-state index contributed by atoms with van der Waals surface area (Å²) in [6.45, 7) is 3.34. The molecule has 0 amide bonds. The Morgan fingerprint density at radius 1 is 1.44 bits per heavy atom. The molecule has 90 valence electrons. The van der Waals surface area contributed by atoms with Gasteiger partial charge in [0.1, 0.15) is 6.04 Å². The monoisotopic (exact) mass is 243 g/mol. The van der Waals surface area contributed by atoms with Gasteiger partial charge in [-0.3, -0.25) is 0 Å². The van der Waals surface area contributed by atoms with Gasteiger partial charge in [0.15, 0.2) is 11.5 Å². The lowest BCUT2D eigenvalue weighted by Gasteiger charge is -2.29. The molecular formula is C12H18ClNO2. The molecule has 1 heterocycles. The number of halogens is 1. The normalized spacial score (nSPS) is 23.2. The van der Waals surface area contributed by atoms with Gasteiger partial charge in [0.25, 0.3) is 0 Å². The highest BCUT2D eigenvalue weighted by Gasteiger charge is 2.25. The molecule has 1 aliphatic heterocycles. The molecule has 0 bridgehead atoms. The fraction of sp³-hybridized carbons (Fsp3) is 0.500. The lowest BCUT2D eigenvalue weighted by Crippen LogP contribution is -3.10. The minimum atomic E-state index is 0. The highest BCUT2D eigenvalue weighted by atomic mass is 35.5. The molecule has 0 radical (unpaired) electrons. The molecule has 3 nitrogen and oxygen atoms in total. The van der Waals surface area contributed by atoms with Gasteiger partial charge in [0.05, 0.1) is 20.7 Å². The molecule has 0 aliphatic carbocycles. The Labute approximate surface area is 102 Å². The first-order valence-corrected chi connectivity index (χ1v) is 5.35. The van der Waals surface area contributed by atoms with Crippen LogP contribution in [0.5, 0.6) is 11.5 Å². The SMILES string of the molecule is COc1cc2c(cc1O)CC[NH+](C)C2C.[Cl-]. The van der Waals surface area contributed by atoms with Gasteiger partial charge < -0.3 is 27.2 Å². The summed E-state index contributed by atoms with van der Waals surface area (Å²) in [4.78, 5) is 1.51. The average Bonchev–Trinajstić information content (AvgIpc) is 2.23. The van der Waals surface area contributed by atoms with Gasteiger partial charge in [-0.25, -0.2) is 0 Å². The second-order valence-electron chi connectivity index (χ2n) is 4.29. The Bertz CT molecular complexity index is 382. The molecule has 16 heavy (non-hydrogen) atoms. The maximum atomic E-state index is 9.69. The molecule has 0 saturated heterocycles. The molecule has 2 atom stereocenters. The van der Waals surface area contributed by atoms with Crippen LogP contribution in [0.25, 0.3) is 0 Å². The molecule has 0 fully saturated rings. The molecule has 2 rings (SSSR count). The van der Waals surface area contributed by atoms with E-state index in [0.717, 1.165) is 13.0 Å². The Morgan fingerprint density at radius 3 is 2.75 bits per heavy atom. The van der Waals surface area contributed by atoms with Crippen molar-refractivity contribution in [3.05, 3.63) is 23.3 Å². The van der Waals surface area contributed by atoms with Crippen molar-refractivity contribution >= 4 is 0 Å². The van der Waals surface area contributed by atoms with Crippen molar-refractivity contribution in [2.24, 2.45) is 0 Å². The second kappa shape index (κ2) is 4.93. The van der Waals surface area contributed by atoms with E-state index >= 15 is 0 Å². The number of phenols is 1. The number of rotatable bonds is 1. The fourth-order valence-electron chi connectivity index (χ4n) is 2.22. The number of fused-ring (bicyclic) bond motifs is 1. The van der Waals surface area contributed by atoms with E-state index in [2.05, 4.69) is 14.0 Å². The van der Waals surface area contributed by atoms with Crippen LogP contribution in [0.15, 0.2) is 12.1 Å². The molecule has 1 aliphatic rings. The molecule has 4 heteroatoms. The number of likely N-dealkylation sites (N-methyl/N-ethyl adjacent to an activating group) is 1. The van der Waals surface area contributed by atoms with Crippen molar-refractivity contribution in [1.82, 2.24) is 0 Å². The highest BCUT2D eigenvalue weighted by molar-refractivity contribution is 5.47. The van der Waals surface area contributed by atoms with Crippen molar-refractivity contribution in [3.63, 3.8) is 0 Å². The summed E-state index contributed by atoms with van der Waals surface area (Å²) in [6, 6.07) is 4.29. The van der Waals surface area contributed by atoms with Crippen LogP contribution in [-0.4, -0.2) is 25.8 Å². The van der Waals surface area contributed by atoms with Crippen LogP contribution in [0.2, 0.25) is 0 Å². The summed E-state index contributed by atoms with van der Waals surface area (Å²) in [5.41, 5.74) is 2.56. The Balaban J connectivity index is 0.00000128. The zero-order valence-corrected chi connectivity index (χ0v) is 10.6. The summed E-state index contributed by atoms with van der Waals surface area (Å²) >= 11 is 0. The first-order chi connectivity index (χ1) is 7.13. The molecular weight excluding hydrogens is 226 g/mol. The van der Waals surface area contributed by atoms with E-state index in [0.29, 0.717) is 11.8 Å². The highest BCUT2D eigenvalue weighted by Crippen LogP contribution is 2.32. The van der Waals surface area contributed by atoms with Gasteiger partial charge >= 0.3 is 0 Å². The predicted molar refractivity (Wildman–Crippen MR) is 58.5 cm³/mol. The molecule has 0 saturated carbocycles. The number of hydrogen-bond acceptors (Lipinski definition) is 2. The maximum Gasteiger partial charge on any atom is 0.161 e. The van der Waals surface area contributed by atoms with E-state index in [9.17, 15) is 5.11 Å². The Hall–Kier alpha value is -0.930. The van der Waals surface area contributed by atoms with E-state index in [1.807, 2.05) is 12.1 Å². The second-order valence-corrected chi connectivity index (χ2v) is 4.29. The van der Waals surface area contributed by atoms with Crippen molar-refractivity contribution in [2.45, 2.75) is 19.4 Å². The first kappa shape index (κ1) is 13.1. The van der Waals surface area contributed by atoms with Crippen molar-refractivity contribution in [2.75, 3.05) is 20.7 Å². The van der Waals surface area contributed by atoms with Gasteiger partial charge in [0.2, 0.25) is 0 Å². The first-order valence-electron chi connectivity index (χ1n) is 5.35. The largest absolute Gasteiger partial charge is 1.00 e. The molecule has 2 unspecified atom stereocenters. The Kier molecular flexibility index (Phi) is 4.05. The smallest absolute Gasteiger partial charge is 0.161 e. The molecule has 0 spiro atoms. The van der Waals surface area contributed by atoms with E-state index in [1.165, 1.54) is 16.0 Å². The zero-order chi connectivity index (χ0) is 11.0. The summed E-state index contributed by atoms with van der Waals surface area (Å²) in [6.07, 6.45) is 1.03. The minimum Gasteiger partial charge on any atom is -1.00 e. The standard InChI is InChI=1S/C12H17NO2.ClH/c1-8-10-7-12(15-3)11(14)6-9(10)4-5-13(8)2;/h6-8,14H,4-5H2,1-3H3;1H. The lowest BCUT2D eigenvalue weighted by molar-refractivity contribution is -0.912. The van der Waals surface area contributed by atoms with Crippen LogP contribution in [0, 0.1) is 0 Å². The summed E-state index contributed by atoms with van der Waals surface area (Å²) < 4.78 is 5.14. The molecule has 2 N–H and O–H groups in total. The predicted octanol–water partition coefficient (Wildman–Crippen LogP) is -2.46. The van der Waals surface area contributed by atoms with Gasteiger partial charge in [-0.1, -0.05) is 0 Å². The number of hydrogen-bond donors (Lipinski definition) is 2. The van der Waals surface area contributed by atoms with Crippen LogP contribution in [0.1, 0.15) is 24.1 Å². The third kappa shape index (κ3) is 2.11. The van der Waals surface area contributed by atoms with Gasteiger partial charge in [-0.2, -0.15) is 0 Å². The summed E-state index contributed by atoms with van der Waals surface area (Å²) in [5.74, 6) is 0.832. The number of ether oxygens (including phenoxy) is 1. The van der Waals surface area contributed by atoms with Crippen LogP contribution in [0.4, 0.5) is 0 Å². The van der Waals surface area contributed by atoms with E-state index in [-0.39, 0.29) is 18.2 Å². The van der Waals surface area contributed by atoms with E-state index in [4.69, 9.17) is 4.74 Å². The lowest BCUT2D eigenvalue weighted by atomic mass is 9.93. The number of quaternary nitrogens is 1. The zero-order valence-electron chi connectivity index (χ0n) is 9.88. The van der Waals surface area contributed by atoms with E-state index in [1.54, 1.807) is 7.11 Å². The maximum absolute atomic E-state index is 9.69. The molecule has 1 aromatic carbocycles. The van der Waals surface area contributed by atoms with Gasteiger partial charge in [-0.15, -0.1) is 0 Å². The third-order valence-electron chi connectivity index (χ3n) is 3.44. The Morgan fingerprint density at radius 2 is 2.12 bits per heavy atom. The van der Waals surface area contributed by atoms with Crippen LogP contribution in [-0.2, 0) is 6.42 Å². The van der Waals surface area contributed by atoms with Gasteiger partial charge in [0, 0.05) is 12.0 Å². The molecule has 1 aromatic rings. The number of phenolic OH excluding ortho intramolecular Hbond substituents is 1. The number of nitrogens with one attached hydrogen (secondary N) is 1. The van der Waals surface area contributed by atoms with E-state index < -0.39 is 0 Å². The summed E-state index contributed by atoms with van der Waals surface area (Å²) in [5, 5.41) is 9.69. The fourth-order valence-corrected chi connectivity index (χ4v) is 2.22. The quantitative estimate of drug-likeness (QED) is 0.574. The van der Waals surface area contributed by atoms with Crippen molar-refractivity contribution < 1.29 is 27.2 Å². The number of methoxy groups -OCH3 is 1. The molecule has 0 aromatic heterocycles. The number of benzene rings is 1. The van der Waals surface area contributed by atoms with Crippen molar-refractivity contribution in [3.8, 4) is 11.5 Å². The van der Waals surface area contributed by atoms with Crippen LogP contribution < -0.4 is 22.0 Å². The number of aromatic hydroxyl groups is 1. The average molecular weight is 244 g/mol. The topological polar surface area (TPSA) is 33.9 Å².